The molecule has 4 aromatic carbocycles. The first-order valence-electron chi connectivity index (χ1n) is 7.72. The molecule has 3 nitrogen and oxygen atoms in total. The summed E-state index contributed by atoms with van der Waals surface area (Å²) in [5.74, 6) is 0.194. The van der Waals surface area contributed by atoms with Crippen molar-refractivity contribution >= 4 is 33.6 Å². The lowest BCUT2D eigenvalue weighted by Gasteiger charge is -2.16. The molecule has 0 unspecified atom stereocenters. The molecule has 0 aliphatic carbocycles. The topological polar surface area (TPSA) is 49.3 Å². The van der Waals surface area contributed by atoms with Gasteiger partial charge in [0, 0.05) is 16.8 Å². The molecule has 116 valence electrons. The second kappa shape index (κ2) is 5.70. The molecule has 24 heavy (non-hydrogen) atoms. The van der Waals surface area contributed by atoms with Crippen LogP contribution in [0.25, 0.3) is 32.7 Å². The van der Waals surface area contributed by atoms with Crippen LogP contribution < -0.4 is 5.32 Å². The number of nitrogens with one attached hydrogen (secondary N) is 1. The van der Waals surface area contributed by atoms with Gasteiger partial charge in [0.2, 0.25) is 6.41 Å². The Balaban J connectivity index is 2.19. The molecule has 0 radical (unpaired) electrons. The largest absolute Gasteiger partial charge is 0.507 e. The van der Waals surface area contributed by atoms with Crippen LogP contribution in [-0.4, -0.2) is 11.5 Å². The highest BCUT2D eigenvalue weighted by molar-refractivity contribution is 6.12. The Labute approximate surface area is 139 Å². The Bertz CT molecular complexity index is 1070. The van der Waals surface area contributed by atoms with E-state index in [0.717, 1.165) is 32.7 Å². The number of benzene rings is 4. The van der Waals surface area contributed by atoms with Crippen LogP contribution in [0, 0.1) is 0 Å². The monoisotopic (exact) mass is 313 g/mol. The van der Waals surface area contributed by atoms with Crippen molar-refractivity contribution in [2.24, 2.45) is 0 Å². The maximum absolute atomic E-state index is 11.1. The van der Waals surface area contributed by atoms with Crippen molar-refractivity contribution in [3.05, 3.63) is 72.8 Å². The number of carbonyl (C=O) groups excluding carboxylic acids is 1. The van der Waals surface area contributed by atoms with Crippen molar-refractivity contribution in [2.75, 3.05) is 5.32 Å². The zero-order valence-electron chi connectivity index (χ0n) is 12.9. The third-order valence-corrected chi connectivity index (χ3v) is 4.30. The van der Waals surface area contributed by atoms with Crippen molar-refractivity contribution in [1.29, 1.82) is 0 Å². The van der Waals surface area contributed by atoms with E-state index in [1.807, 2.05) is 66.7 Å². The maximum Gasteiger partial charge on any atom is 0.211 e. The number of anilines is 1. The number of aromatic hydroxyl groups is 1. The van der Waals surface area contributed by atoms with Crippen molar-refractivity contribution < 1.29 is 9.90 Å². The Morgan fingerprint density at radius 3 is 1.96 bits per heavy atom. The number of fused-ring (bicyclic) bond motifs is 2. The number of hydrogen-bond donors (Lipinski definition) is 2. The predicted octanol–water partition coefficient (Wildman–Crippen LogP) is 4.93. The molecule has 1 amide bonds. The first kappa shape index (κ1) is 14.3. The van der Waals surface area contributed by atoms with Crippen molar-refractivity contribution in [3.63, 3.8) is 0 Å². The molecule has 0 spiro atoms. The summed E-state index contributed by atoms with van der Waals surface area (Å²) in [6, 6.07) is 23.3. The second-order valence-electron chi connectivity index (χ2n) is 5.65. The molecule has 0 aromatic heterocycles. The second-order valence-corrected chi connectivity index (χ2v) is 5.65. The van der Waals surface area contributed by atoms with Crippen molar-refractivity contribution in [3.8, 4) is 16.9 Å². The average molecular weight is 313 g/mol. The highest BCUT2D eigenvalue weighted by Crippen LogP contribution is 2.43. The van der Waals surface area contributed by atoms with Crippen LogP contribution in [0.1, 0.15) is 0 Å². The minimum Gasteiger partial charge on any atom is -0.507 e. The number of rotatable bonds is 3. The van der Waals surface area contributed by atoms with E-state index in [0.29, 0.717) is 12.1 Å². The van der Waals surface area contributed by atoms with Gasteiger partial charge < -0.3 is 10.4 Å². The summed E-state index contributed by atoms with van der Waals surface area (Å²) in [6.45, 7) is 0. The molecule has 0 fully saturated rings. The van der Waals surface area contributed by atoms with Gasteiger partial charge in [-0.15, -0.1) is 0 Å². The van der Waals surface area contributed by atoms with E-state index >= 15 is 0 Å². The normalized spacial score (nSPS) is 10.8. The maximum atomic E-state index is 11.1. The van der Waals surface area contributed by atoms with Gasteiger partial charge in [0.15, 0.2) is 0 Å². The summed E-state index contributed by atoms with van der Waals surface area (Å²) in [5, 5.41) is 17.4. The highest BCUT2D eigenvalue weighted by Gasteiger charge is 2.16. The van der Waals surface area contributed by atoms with Crippen LogP contribution >= 0.6 is 0 Å². The van der Waals surface area contributed by atoms with Gasteiger partial charge in [0.05, 0.1) is 0 Å². The standard InChI is InChI=1S/C21H15NO2/c23-13-22-18-11-9-14-5-1-3-7-16(14)20(18)21-17-8-4-2-6-15(17)10-12-19(21)24/h1-13,24H,(H,22,23). The molecule has 2 N–H and O–H groups in total. The van der Waals surface area contributed by atoms with E-state index in [2.05, 4.69) is 5.32 Å². The van der Waals surface area contributed by atoms with Crippen molar-refractivity contribution in [2.45, 2.75) is 0 Å². The zero-order chi connectivity index (χ0) is 16.5. The lowest BCUT2D eigenvalue weighted by atomic mass is 9.91. The Morgan fingerprint density at radius 2 is 1.29 bits per heavy atom. The molecule has 0 heterocycles. The molecular weight excluding hydrogens is 298 g/mol. The molecule has 0 saturated heterocycles. The van der Waals surface area contributed by atoms with Crippen LogP contribution in [0.3, 0.4) is 0 Å². The molecule has 0 saturated carbocycles. The number of hydrogen-bond acceptors (Lipinski definition) is 2. The van der Waals surface area contributed by atoms with Gasteiger partial charge in [-0.1, -0.05) is 60.7 Å². The summed E-state index contributed by atoms with van der Waals surface area (Å²) in [6.07, 6.45) is 0.662. The summed E-state index contributed by atoms with van der Waals surface area (Å²) < 4.78 is 0. The summed E-state index contributed by atoms with van der Waals surface area (Å²) in [5.41, 5.74) is 2.24. The number of phenolic OH excluding ortho intramolecular Hbond substituents is 1. The Hall–Kier alpha value is -3.33. The highest BCUT2D eigenvalue weighted by atomic mass is 16.3. The lowest BCUT2D eigenvalue weighted by Crippen LogP contribution is -1.98. The zero-order valence-corrected chi connectivity index (χ0v) is 12.9. The molecule has 0 atom stereocenters. The summed E-state index contributed by atoms with van der Waals surface area (Å²) in [4.78, 5) is 11.1. The third-order valence-electron chi connectivity index (χ3n) is 4.30. The number of phenols is 1. The van der Waals surface area contributed by atoms with Crippen LogP contribution in [0.4, 0.5) is 5.69 Å². The SMILES string of the molecule is O=CNc1ccc2ccccc2c1-c1c(O)ccc2ccccc12. The summed E-state index contributed by atoms with van der Waals surface area (Å²) >= 11 is 0. The molecule has 4 rings (SSSR count). The van der Waals surface area contributed by atoms with E-state index in [4.69, 9.17) is 0 Å². The molecule has 0 bridgehead atoms. The summed E-state index contributed by atoms with van der Waals surface area (Å²) in [7, 11) is 0. The van der Waals surface area contributed by atoms with Gasteiger partial charge in [0.25, 0.3) is 0 Å². The van der Waals surface area contributed by atoms with Gasteiger partial charge in [-0.2, -0.15) is 0 Å². The van der Waals surface area contributed by atoms with E-state index in [1.54, 1.807) is 6.07 Å². The van der Waals surface area contributed by atoms with E-state index in [9.17, 15) is 9.90 Å². The predicted molar refractivity (Wildman–Crippen MR) is 98.2 cm³/mol. The quantitative estimate of drug-likeness (QED) is 0.527. The fraction of sp³-hybridized carbons (Fsp3) is 0. The molecule has 0 aliphatic rings. The number of carbonyl (C=O) groups is 1. The molecule has 0 aliphatic heterocycles. The van der Waals surface area contributed by atoms with E-state index in [1.165, 1.54) is 0 Å². The first-order valence-corrected chi connectivity index (χ1v) is 7.72. The van der Waals surface area contributed by atoms with Gasteiger partial charge in [0.1, 0.15) is 5.75 Å². The molecule has 3 heteroatoms. The Morgan fingerprint density at radius 1 is 0.708 bits per heavy atom. The molecule has 4 aromatic rings. The third kappa shape index (κ3) is 2.18. The van der Waals surface area contributed by atoms with E-state index < -0.39 is 0 Å². The first-order chi connectivity index (χ1) is 11.8. The fourth-order valence-electron chi connectivity index (χ4n) is 3.25. The van der Waals surface area contributed by atoms with Gasteiger partial charge >= 0.3 is 0 Å². The smallest absolute Gasteiger partial charge is 0.211 e. The van der Waals surface area contributed by atoms with Crippen LogP contribution in [0.2, 0.25) is 0 Å². The van der Waals surface area contributed by atoms with Gasteiger partial charge in [-0.25, -0.2) is 0 Å². The lowest BCUT2D eigenvalue weighted by molar-refractivity contribution is -0.105. The molecular formula is C21H15NO2. The van der Waals surface area contributed by atoms with Gasteiger partial charge in [-0.05, 0) is 33.7 Å². The van der Waals surface area contributed by atoms with Gasteiger partial charge in [-0.3, -0.25) is 4.79 Å². The van der Waals surface area contributed by atoms with Crippen LogP contribution in [0.15, 0.2) is 72.8 Å². The number of amides is 1. The van der Waals surface area contributed by atoms with Crippen LogP contribution in [0.5, 0.6) is 5.75 Å². The minimum atomic E-state index is 0.194. The van der Waals surface area contributed by atoms with Crippen molar-refractivity contribution in [1.82, 2.24) is 0 Å². The van der Waals surface area contributed by atoms with E-state index in [-0.39, 0.29) is 5.75 Å². The average Bonchev–Trinajstić information content (AvgIpc) is 2.62. The fourth-order valence-corrected chi connectivity index (χ4v) is 3.25. The van der Waals surface area contributed by atoms with Crippen LogP contribution in [-0.2, 0) is 4.79 Å². The Kier molecular flexibility index (Phi) is 3.39. The minimum absolute atomic E-state index is 0.194.